The fourth-order valence-corrected chi connectivity index (χ4v) is 4.77. The molecule has 4 rings (SSSR count). The first-order valence-corrected chi connectivity index (χ1v) is 13.3. The molecule has 0 radical (unpaired) electrons. The normalized spacial score (nSPS) is 26.8. The zero-order valence-corrected chi connectivity index (χ0v) is 22.8. The van der Waals surface area contributed by atoms with Gasteiger partial charge in [-0.25, -0.2) is 26.7 Å². The number of nitrogens with one attached hydrogen (secondary N) is 3. The monoisotopic (exact) mass is 613 g/mol. The molecule has 232 valence electrons. The third-order valence-electron chi connectivity index (χ3n) is 7.52. The molecule has 2 aliphatic rings. The second kappa shape index (κ2) is 12.5. The molecule has 1 aliphatic carbocycles. The Morgan fingerprint density at radius 2 is 1.51 bits per heavy atom. The molecule has 0 bridgehead atoms. The Bertz CT molecular complexity index is 1430. The SMILES string of the molecule is C[C@H]1OC(=O)C(C2CC2)NC(=O)[C@H](C)[C@H](O)[C@H](Cc2c(F)c(F)c(F)c(F)c2F)NC(=O)[C@H]1NC(=O)c1ccccc1O. The van der Waals surface area contributed by atoms with Gasteiger partial charge < -0.3 is 30.9 Å². The van der Waals surface area contributed by atoms with E-state index in [0.717, 1.165) is 0 Å². The summed E-state index contributed by atoms with van der Waals surface area (Å²) >= 11 is 0. The second-order valence-electron chi connectivity index (χ2n) is 10.6. The van der Waals surface area contributed by atoms with E-state index in [1.54, 1.807) is 0 Å². The maximum Gasteiger partial charge on any atom is 0.329 e. The van der Waals surface area contributed by atoms with Crippen molar-refractivity contribution in [2.24, 2.45) is 11.8 Å². The molecule has 2 aromatic carbocycles. The highest BCUT2D eigenvalue weighted by atomic mass is 19.2. The summed E-state index contributed by atoms with van der Waals surface area (Å²) in [4.78, 5) is 52.5. The number of carbonyl (C=O) groups excluding carboxylic acids is 4. The van der Waals surface area contributed by atoms with Crippen LogP contribution in [-0.4, -0.2) is 64.2 Å². The highest BCUT2D eigenvalue weighted by Gasteiger charge is 2.44. The molecule has 1 saturated heterocycles. The van der Waals surface area contributed by atoms with E-state index in [9.17, 15) is 51.3 Å². The zero-order chi connectivity index (χ0) is 31.7. The van der Waals surface area contributed by atoms with Gasteiger partial charge in [-0.2, -0.15) is 0 Å². The number of para-hydroxylation sites is 1. The summed E-state index contributed by atoms with van der Waals surface area (Å²) in [6.45, 7) is 2.39. The first kappa shape index (κ1) is 31.7. The predicted molar refractivity (Wildman–Crippen MR) is 137 cm³/mol. The van der Waals surface area contributed by atoms with Gasteiger partial charge in [-0.3, -0.25) is 14.4 Å². The maximum absolute atomic E-state index is 14.6. The first-order chi connectivity index (χ1) is 20.2. The average Bonchev–Trinajstić information content (AvgIpc) is 3.82. The molecule has 3 amide bonds. The van der Waals surface area contributed by atoms with Crippen LogP contribution < -0.4 is 16.0 Å². The van der Waals surface area contributed by atoms with Gasteiger partial charge in [0.1, 0.15) is 23.9 Å². The topological polar surface area (TPSA) is 154 Å². The van der Waals surface area contributed by atoms with Gasteiger partial charge in [-0.15, -0.1) is 0 Å². The number of hydrogen-bond acceptors (Lipinski definition) is 7. The van der Waals surface area contributed by atoms with Crippen molar-refractivity contribution in [3.05, 3.63) is 64.5 Å². The Hall–Kier alpha value is -4.27. The summed E-state index contributed by atoms with van der Waals surface area (Å²) in [5.41, 5.74) is -1.64. The quantitative estimate of drug-likeness (QED) is 0.149. The molecule has 43 heavy (non-hydrogen) atoms. The van der Waals surface area contributed by atoms with E-state index in [1.165, 1.54) is 38.1 Å². The largest absolute Gasteiger partial charge is 0.507 e. The lowest BCUT2D eigenvalue weighted by Gasteiger charge is -2.33. The van der Waals surface area contributed by atoms with Crippen LogP contribution in [0.4, 0.5) is 22.0 Å². The van der Waals surface area contributed by atoms with Crippen LogP contribution in [0.1, 0.15) is 42.6 Å². The van der Waals surface area contributed by atoms with Crippen LogP contribution in [0, 0.1) is 40.9 Å². The Morgan fingerprint density at radius 1 is 0.930 bits per heavy atom. The van der Waals surface area contributed by atoms with Crippen LogP contribution in [0.2, 0.25) is 0 Å². The Labute approximate surface area is 241 Å². The number of amides is 3. The Balaban J connectivity index is 1.75. The number of esters is 1. The number of halogens is 5. The minimum absolute atomic E-state index is 0.269. The number of rotatable bonds is 5. The van der Waals surface area contributed by atoms with E-state index in [4.69, 9.17) is 4.74 Å². The minimum Gasteiger partial charge on any atom is -0.507 e. The number of phenolic OH excluding ortho intramolecular Hbond substituents is 1. The Morgan fingerprint density at radius 3 is 2.09 bits per heavy atom. The van der Waals surface area contributed by atoms with Crippen LogP contribution in [0.5, 0.6) is 5.75 Å². The lowest BCUT2D eigenvalue weighted by molar-refractivity contribution is -0.156. The molecule has 1 unspecified atom stereocenters. The summed E-state index contributed by atoms with van der Waals surface area (Å²) in [6, 6.07) is 0.457. The first-order valence-electron chi connectivity index (χ1n) is 13.3. The summed E-state index contributed by atoms with van der Waals surface area (Å²) in [5.74, 6) is -17.6. The second-order valence-corrected chi connectivity index (χ2v) is 10.6. The minimum atomic E-state index is -2.41. The van der Waals surface area contributed by atoms with E-state index in [1.807, 2.05) is 0 Å². The number of benzene rings is 2. The van der Waals surface area contributed by atoms with E-state index in [-0.39, 0.29) is 11.5 Å². The molecule has 6 atom stereocenters. The highest BCUT2D eigenvalue weighted by Crippen LogP contribution is 2.34. The van der Waals surface area contributed by atoms with Crippen molar-refractivity contribution in [2.75, 3.05) is 0 Å². The van der Waals surface area contributed by atoms with Crippen molar-refractivity contribution in [3.63, 3.8) is 0 Å². The van der Waals surface area contributed by atoms with Gasteiger partial charge in [0.25, 0.3) is 5.91 Å². The third-order valence-corrected chi connectivity index (χ3v) is 7.52. The number of carbonyl (C=O) groups is 4. The van der Waals surface area contributed by atoms with Crippen LogP contribution in [-0.2, 0) is 25.5 Å². The molecule has 15 heteroatoms. The van der Waals surface area contributed by atoms with Gasteiger partial charge in [-0.1, -0.05) is 19.1 Å². The molecular formula is C28H28F5N3O7. The van der Waals surface area contributed by atoms with Crippen LogP contribution in [0.25, 0.3) is 0 Å². The third kappa shape index (κ3) is 6.55. The molecular weight excluding hydrogens is 585 g/mol. The number of phenols is 1. The van der Waals surface area contributed by atoms with E-state index in [0.29, 0.717) is 12.8 Å². The van der Waals surface area contributed by atoms with Gasteiger partial charge in [0.15, 0.2) is 23.3 Å². The van der Waals surface area contributed by atoms with E-state index >= 15 is 0 Å². The average molecular weight is 614 g/mol. The number of ether oxygens (including phenoxy) is 1. The van der Waals surface area contributed by atoms with Gasteiger partial charge in [0, 0.05) is 12.0 Å². The lowest BCUT2D eigenvalue weighted by atomic mass is 9.90. The molecule has 10 nitrogen and oxygen atoms in total. The fourth-order valence-electron chi connectivity index (χ4n) is 4.77. The summed E-state index contributed by atoms with van der Waals surface area (Å²) < 4.78 is 76.2. The van der Waals surface area contributed by atoms with Crippen LogP contribution >= 0.6 is 0 Å². The molecule has 2 aromatic rings. The van der Waals surface area contributed by atoms with Gasteiger partial charge >= 0.3 is 5.97 Å². The van der Waals surface area contributed by atoms with Crippen molar-refractivity contribution in [1.29, 1.82) is 0 Å². The van der Waals surface area contributed by atoms with Crippen molar-refractivity contribution < 1.29 is 56.1 Å². The summed E-state index contributed by atoms with van der Waals surface area (Å²) in [5, 5.41) is 28.1. The molecule has 0 spiro atoms. The van der Waals surface area contributed by atoms with E-state index < -0.39 is 107 Å². The van der Waals surface area contributed by atoms with Crippen LogP contribution in [0.15, 0.2) is 24.3 Å². The molecule has 1 aliphatic heterocycles. The highest BCUT2D eigenvalue weighted by molar-refractivity contribution is 6.00. The van der Waals surface area contributed by atoms with Gasteiger partial charge in [-0.05, 0) is 37.8 Å². The van der Waals surface area contributed by atoms with E-state index in [2.05, 4.69) is 16.0 Å². The van der Waals surface area contributed by atoms with Crippen molar-refractivity contribution in [3.8, 4) is 5.75 Å². The number of aliphatic hydroxyl groups excluding tert-OH is 1. The Kier molecular flexibility index (Phi) is 9.23. The van der Waals surface area contributed by atoms with Gasteiger partial charge in [0.2, 0.25) is 17.6 Å². The number of cyclic esters (lactones) is 1. The standard InChI is InChI=1S/C28H28F5N3O7/c1-10-24(38)15(9-14-17(29)19(31)21(33)20(32)18(14)30)34-27(41)22(35-26(40)13-5-3-4-6-16(13)37)11(2)43-28(42)23(12-7-8-12)36-25(10)39/h3-6,10-12,15,22-24,37-38H,7-9H2,1-2H3,(H,34,41)(H,35,40)(H,36,39)/t10-,11-,15+,22+,23?,24+/m1/s1. The molecule has 1 saturated carbocycles. The molecule has 5 N–H and O–H groups in total. The number of aromatic hydroxyl groups is 1. The maximum atomic E-state index is 14.6. The zero-order valence-electron chi connectivity index (χ0n) is 22.8. The van der Waals surface area contributed by atoms with Crippen LogP contribution in [0.3, 0.4) is 0 Å². The fraction of sp³-hybridized carbons (Fsp3) is 0.429. The smallest absolute Gasteiger partial charge is 0.329 e. The lowest BCUT2D eigenvalue weighted by Crippen LogP contribution is -2.61. The number of aliphatic hydroxyl groups is 1. The molecule has 2 fully saturated rings. The number of hydrogen-bond donors (Lipinski definition) is 5. The molecule has 0 aromatic heterocycles. The summed E-state index contributed by atoms with van der Waals surface area (Å²) in [6.07, 6.45) is -3.52. The predicted octanol–water partition coefficient (Wildman–Crippen LogP) is 1.75. The van der Waals surface area contributed by atoms with Crippen molar-refractivity contribution in [2.45, 2.75) is 63.4 Å². The molecule has 1 heterocycles. The van der Waals surface area contributed by atoms with Crippen molar-refractivity contribution >= 4 is 23.7 Å². The van der Waals surface area contributed by atoms with Crippen molar-refractivity contribution in [1.82, 2.24) is 16.0 Å². The van der Waals surface area contributed by atoms with Gasteiger partial charge in [0.05, 0.1) is 23.6 Å². The summed E-state index contributed by atoms with van der Waals surface area (Å²) in [7, 11) is 0.